The van der Waals surface area contributed by atoms with Crippen LogP contribution >= 0.6 is 23.1 Å². The van der Waals surface area contributed by atoms with Gasteiger partial charge in [0, 0.05) is 17.2 Å². The number of hydrogen-bond donors (Lipinski definition) is 2. The molecule has 1 rings (SSSR count). The van der Waals surface area contributed by atoms with Crippen molar-refractivity contribution >= 4 is 34.1 Å². The normalized spacial score (nSPS) is 12.4. The van der Waals surface area contributed by atoms with Gasteiger partial charge in [-0.05, 0) is 13.3 Å². The number of nitrogens with two attached hydrogens (primary N) is 1. The molecule has 0 radical (unpaired) electrons. The van der Waals surface area contributed by atoms with E-state index < -0.39 is 0 Å². The number of rotatable bonds is 6. The Bertz CT molecular complexity index is 341. The van der Waals surface area contributed by atoms with Gasteiger partial charge in [0.1, 0.15) is 0 Å². The fraction of sp³-hybridized carbons (Fsp3) is 0.600. The van der Waals surface area contributed by atoms with Gasteiger partial charge in [0.2, 0.25) is 5.91 Å². The molecule has 90 valence electrons. The topological polar surface area (TPSA) is 68.0 Å². The first-order valence-electron chi connectivity index (χ1n) is 5.17. The van der Waals surface area contributed by atoms with E-state index in [1.54, 1.807) is 11.8 Å². The van der Waals surface area contributed by atoms with Crippen LogP contribution in [0.1, 0.15) is 19.0 Å². The molecule has 1 aromatic heterocycles. The molecule has 6 heteroatoms. The molecule has 0 aliphatic rings. The summed E-state index contributed by atoms with van der Waals surface area (Å²) < 4.78 is 0. The number of anilines is 1. The van der Waals surface area contributed by atoms with Crippen molar-refractivity contribution in [3.05, 3.63) is 11.1 Å². The summed E-state index contributed by atoms with van der Waals surface area (Å²) in [6, 6.07) is 0.180. The Labute approximate surface area is 104 Å². The van der Waals surface area contributed by atoms with Gasteiger partial charge in [0.25, 0.3) is 0 Å². The highest BCUT2D eigenvalue weighted by molar-refractivity contribution is 8.00. The molecular weight excluding hydrogens is 242 g/mol. The number of thiazole rings is 1. The number of aryl methyl sites for hydroxylation is 1. The van der Waals surface area contributed by atoms with Crippen molar-refractivity contribution in [1.29, 1.82) is 0 Å². The van der Waals surface area contributed by atoms with Gasteiger partial charge < -0.3 is 11.1 Å². The van der Waals surface area contributed by atoms with Crippen LogP contribution in [0.15, 0.2) is 5.38 Å². The second kappa shape index (κ2) is 6.88. The van der Waals surface area contributed by atoms with Gasteiger partial charge in [-0.15, -0.1) is 11.3 Å². The number of aromatic nitrogens is 1. The molecule has 1 aromatic rings. The van der Waals surface area contributed by atoms with Gasteiger partial charge >= 0.3 is 0 Å². The quantitative estimate of drug-likeness (QED) is 0.818. The number of amides is 1. The summed E-state index contributed by atoms with van der Waals surface area (Å²) in [5, 5.41) is 5.34. The summed E-state index contributed by atoms with van der Waals surface area (Å²) in [5.74, 6) is 1.25. The highest BCUT2D eigenvalue weighted by atomic mass is 32.2. The van der Waals surface area contributed by atoms with Crippen molar-refractivity contribution in [3.8, 4) is 0 Å². The zero-order chi connectivity index (χ0) is 12.0. The molecule has 16 heavy (non-hydrogen) atoms. The molecule has 3 N–H and O–H groups in total. The van der Waals surface area contributed by atoms with E-state index >= 15 is 0 Å². The van der Waals surface area contributed by atoms with Gasteiger partial charge in [0.05, 0.1) is 11.4 Å². The van der Waals surface area contributed by atoms with Crippen LogP contribution in [0.25, 0.3) is 0 Å². The Morgan fingerprint density at radius 2 is 2.50 bits per heavy atom. The van der Waals surface area contributed by atoms with Crippen LogP contribution in [0.4, 0.5) is 5.13 Å². The largest absolute Gasteiger partial charge is 0.327 e. The van der Waals surface area contributed by atoms with Gasteiger partial charge in [-0.2, -0.15) is 11.8 Å². The third kappa shape index (κ3) is 4.96. The fourth-order valence-electron chi connectivity index (χ4n) is 0.988. The van der Waals surface area contributed by atoms with Gasteiger partial charge in [-0.3, -0.25) is 4.79 Å². The summed E-state index contributed by atoms with van der Waals surface area (Å²) >= 11 is 3.01. The fourth-order valence-corrected chi connectivity index (χ4v) is 2.61. The second-order valence-electron chi connectivity index (χ2n) is 3.53. The number of thioether (sulfide) groups is 1. The number of hydrogen-bond acceptors (Lipinski definition) is 5. The van der Waals surface area contributed by atoms with E-state index in [1.807, 2.05) is 19.2 Å². The van der Waals surface area contributed by atoms with E-state index in [9.17, 15) is 4.79 Å². The summed E-state index contributed by atoms with van der Waals surface area (Å²) in [4.78, 5) is 15.6. The summed E-state index contributed by atoms with van der Waals surface area (Å²) in [7, 11) is 0. The molecule has 4 nitrogen and oxygen atoms in total. The summed E-state index contributed by atoms with van der Waals surface area (Å²) in [6.45, 7) is 3.95. The highest BCUT2D eigenvalue weighted by Gasteiger charge is 2.06. The average Bonchev–Trinajstić information content (AvgIpc) is 2.63. The van der Waals surface area contributed by atoms with Crippen molar-refractivity contribution < 1.29 is 4.79 Å². The molecule has 1 amide bonds. The monoisotopic (exact) mass is 259 g/mol. The lowest BCUT2D eigenvalue weighted by atomic mass is 10.3. The lowest BCUT2D eigenvalue weighted by Crippen LogP contribution is -2.23. The number of carbonyl (C=O) groups excluding carboxylic acids is 1. The molecule has 0 aromatic carbocycles. The van der Waals surface area contributed by atoms with Crippen LogP contribution in [0.2, 0.25) is 0 Å². The SMILES string of the molecule is CCC(N)CSCC(=O)Nc1nc(C)cs1. The number of nitrogens with zero attached hydrogens (tertiary/aromatic N) is 1. The van der Waals surface area contributed by atoms with E-state index in [-0.39, 0.29) is 11.9 Å². The maximum absolute atomic E-state index is 11.5. The molecule has 0 bridgehead atoms. The maximum atomic E-state index is 11.5. The predicted molar refractivity (Wildman–Crippen MR) is 71.1 cm³/mol. The third-order valence-electron chi connectivity index (χ3n) is 1.95. The molecule has 1 heterocycles. The molecule has 0 saturated heterocycles. The van der Waals surface area contributed by atoms with E-state index in [2.05, 4.69) is 10.3 Å². The first-order valence-corrected chi connectivity index (χ1v) is 7.20. The minimum absolute atomic E-state index is 0.0114. The summed E-state index contributed by atoms with van der Waals surface area (Å²) in [5.41, 5.74) is 6.68. The zero-order valence-electron chi connectivity index (χ0n) is 9.53. The molecular formula is C10H17N3OS2. The first kappa shape index (κ1) is 13.5. The van der Waals surface area contributed by atoms with Crippen molar-refractivity contribution in [2.75, 3.05) is 16.8 Å². The van der Waals surface area contributed by atoms with E-state index in [4.69, 9.17) is 5.73 Å². The van der Waals surface area contributed by atoms with Gasteiger partial charge in [0.15, 0.2) is 5.13 Å². The highest BCUT2D eigenvalue weighted by Crippen LogP contribution is 2.14. The molecule has 0 aliphatic carbocycles. The van der Waals surface area contributed by atoms with E-state index in [0.29, 0.717) is 10.9 Å². The minimum atomic E-state index is -0.0114. The predicted octanol–water partition coefficient (Wildman–Crippen LogP) is 1.86. The standard InChI is InChI=1S/C10H17N3OS2/c1-3-8(11)5-15-6-9(14)13-10-12-7(2)4-16-10/h4,8H,3,5-6,11H2,1-2H3,(H,12,13,14). The summed E-state index contributed by atoms with van der Waals surface area (Å²) in [6.07, 6.45) is 0.945. The van der Waals surface area contributed by atoms with Crippen LogP contribution in [0, 0.1) is 6.92 Å². The first-order chi connectivity index (χ1) is 7.61. The van der Waals surface area contributed by atoms with Crippen molar-refractivity contribution in [1.82, 2.24) is 4.98 Å². The molecule has 1 unspecified atom stereocenters. The Morgan fingerprint density at radius 1 is 1.75 bits per heavy atom. The van der Waals surface area contributed by atoms with Crippen LogP contribution in [-0.4, -0.2) is 28.4 Å². The molecule has 0 aliphatic heterocycles. The maximum Gasteiger partial charge on any atom is 0.236 e. The Hall–Kier alpha value is -0.590. The zero-order valence-corrected chi connectivity index (χ0v) is 11.2. The lowest BCUT2D eigenvalue weighted by molar-refractivity contribution is -0.113. The molecule has 0 fully saturated rings. The molecule has 0 spiro atoms. The molecule has 1 atom stereocenters. The Kier molecular flexibility index (Phi) is 5.79. The average molecular weight is 259 g/mol. The lowest BCUT2D eigenvalue weighted by Gasteiger charge is -2.07. The number of nitrogens with one attached hydrogen (secondary N) is 1. The second-order valence-corrected chi connectivity index (χ2v) is 5.41. The Morgan fingerprint density at radius 3 is 3.06 bits per heavy atom. The third-order valence-corrected chi connectivity index (χ3v) is 3.96. The van der Waals surface area contributed by atoms with Crippen LogP contribution in [0.5, 0.6) is 0 Å². The van der Waals surface area contributed by atoms with Crippen LogP contribution < -0.4 is 11.1 Å². The van der Waals surface area contributed by atoms with Crippen molar-refractivity contribution in [2.45, 2.75) is 26.3 Å². The molecule has 0 saturated carbocycles. The minimum Gasteiger partial charge on any atom is -0.327 e. The van der Waals surface area contributed by atoms with Crippen LogP contribution in [0.3, 0.4) is 0 Å². The van der Waals surface area contributed by atoms with E-state index in [1.165, 1.54) is 11.3 Å². The van der Waals surface area contributed by atoms with E-state index in [0.717, 1.165) is 17.9 Å². The Balaban J connectivity index is 2.21. The van der Waals surface area contributed by atoms with Crippen LogP contribution in [-0.2, 0) is 4.79 Å². The smallest absolute Gasteiger partial charge is 0.236 e. The van der Waals surface area contributed by atoms with Gasteiger partial charge in [-0.1, -0.05) is 6.92 Å². The number of carbonyl (C=O) groups is 1. The van der Waals surface area contributed by atoms with Gasteiger partial charge in [-0.25, -0.2) is 4.98 Å². The van der Waals surface area contributed by atoms with Crippen molar-refractivity contribution in [2.24, 2.45) is 5.73 Å². The van der Waals surface area contributed by atoms with Crippen molar-refractivity contribution in [3.63, 3.8) is 0 Å².